The van der Waals surface area contributed by atoms with Gasteiger partial charge in [-0.3, -0.25) is 4.79 Å². The van der Waals surface area contributed by atoms with Gasteiger partial charge in [-0.05, 0) is 44.5 Å². The Morgan fingerprint density at radius 1 is 1.11 bits per heavy atom. The molecule has 1 atom stereocenters. The molecule has 0 saturated carbocycles. The molecule has 2 aromatic rings. The molecular weight excluding hydrogens is 375 g/mol. The average molecular weight is 395 g/mol. The Morgan fingerprint density at radius 3 is 2.43 bits per heavy atom. The summed E-state index contributed by atoms with van der Waals surface area (Å²) in [6.07, 6.45) is -5.92. The van der Waals surface area contributed by atoms with E-state index in [-0.39, 0.29) is 0 Å². The molecule has 0 unspecified atom stereocenters. The van der Waals surface area contributed by atoms with Gasteiger partial charge >= 0.3 is 12.1 Å². The molecule has 8 heteroatoms. The SMILES string of the molecule is Cc1ccc(OCC(=O)O[C@@H](C)C(=O)Nc2ccccc2C(F)(F)F)c(C)c1. The summed E-state index contributed by atoms with van der Waals surface area (Å²) in [6.45, 7) is 4.57. The normalized spacial score (nSPS) is 12.2. The molecule has 5 nitrogen and oxygen atoms in total. The maximum atomic E-state index is 13.0. The number of hydrogen-bond donors (Lipinski definition) is 1. The van der Waals surface area contributed by atoms with Crippen molar-refractivity contribution in [1.29, 1.82) is 0 Å². The average Bonchev–Trinajstić information content (AvgIpc) is 2.60. The second kappa shape index (κ2) is 8.77. The first kappa shape index (κ1) is 21.3. The summed E-state index contributed by atoms with van der Waals surface area (Å²) in [5, 5.41) is 2.13. The lowest BCUT2D eigenvalue weighted by Gasteiger charge is -2.17. The Kier molecular flexibility index (Phi) is 6.66. The fourth-order valence-electron chi connectivity index (χ4n) is 2.46. The monoisotopic (exact) mass is 395 g/mol. The summed E-state index contributed by atoms with van der Waals surface area (Å²) in [7, 11) is 0. The molecule has 150 valence electrons. The van der Waals surface area contributed by atoms with E-state index in [1.165, 1.54) is 19.1 Å². The molecular formula is C20H20F3NO4. The van der Waals surface area contributed by atoms with Crippen molar-refractivity contribution < 1.29 is 32.2 Å². The van der Waals surface area contributed by atoms with Crippen LogP contribution in [0.2, 0.25) is 0 Å². The number of alkyl halides is 3. The Hall–Kier alpha value is -3.03. The first-order valence-electron chi connectivity index (χ1n) is 8.44. The van der Waals surface area contributed by atoms with Gasteiger partial charge in [0.15, 0.2) is 12.7 Å². The number of amides is 1. The van der Waals surface area contributed by atoms with Gasteiger partial charge in [-0.25, -0.2) is 4.79 Å². The Balaban J connectivity index is 1.93. The van der Waals surface area contributed by atoms with Crippen LogP contribution in [0.15, 0.2) is 42.5 Å². The van der Waals surface area contributed by atoms with Crippen molar-refractivity contribution in [3.05, 3.63) is 59.2 Å². The van der Waals surface area contributed by atoms with Gasteiger partial charge in [0.1, 0.15) is 5.75 Å². The van der Waals surface area contributed by atoms with Gasteiger partial charge in [0.25, 0.3) is 5.91 Å². The van der Waals surface area contributed by atoms with Crippen molar-refractivity contribution in [2.75, 3.05) is 11.9 Å². The summed E-state index contributed by atoms with van der Waals surface area (Å²) in [6, 6.07) is 9.97. The molecule has 0 radical (unpaired) electrons. The van der Waals surface area contributed by atoms with E-state index >= 15 is 0 Å². The molecule has 2 aromatic carbocycles. The van der Waals surface area contributed by atoms with E-state index in [0.29, 0.717) is 5.75 Å². The van der Waals surface area contributed by atoms with Crippen LogP contribution in [0, 0.1) is 13.8 Å². The zero-order chi connectivity index (χ0) is 20.9. The van der Waals surface area contributed by atoms with Crippen molar-refractivity contribution in [3.63, 3.8) is 0 Å². The van der Waals surface area contributed by atoms with E-state index in [0.717, 1.165) is 23.3 Å². The molecule has 0 fully saturated rings. The van der Waals surface area contributed by atoms with Crippen LogP contribution in [-0.4, -0.2) is 24.6 Å². The lowest BCUT2D eigenvalue weighted by atomic mass is 10.1. The smallest absolute Gasteiger partial charge is 0.418 e. The molecule has 1 amide bonds. The van der Waals surface area contributed by atoms with Crippen molar-refractivity contribution >= 4 is 17.6 Å². The van der Waals surface area contributed by atoms with Crippen LogP contribution in [0.25, 0.3) is 0 Å². The van der Waals surface area contributed by atoms with Crippen LogP contribution >= 0.6 is 0 Å². The molecule has 0 heterocycles. The van der Waals surface area contributed by atoms with Crippen LogP contribution in [0.5, 0.6) is 5.75 Å². The lowest BCUT2D eigenvalue weighted by Crippen LogP contribution is -2.32. The quantitative estimate of drug-likeness (QED) is 0.742. The number of hydrogen-bond acceptors (Lipinski definition) is 4. The van der Waals surface area contributed by atoms with Gasteiger partial charge in [-0.15, -0.1) is 0 Å². The molecule has 0 aromatic heterocycles. The highest BCUT2D eigenvalue weighted by atomic mass is 19.4. The van der Waals surface area contributed by atoms with E-state index in [4.69, 9.17) is 9.47 Å². The third-order valence-electron chi connectivity index (χ3n) is 3.84. The second-order valence-corrected chi connectivity index (χ2v) is 6.22. The van der Waals surface area contributed by atoms with E-state index in [9.17, 15) is 22.8 Å². The number of anilines is 1. The zero-order valence-electron chi connectivity index (χ0n) is 15.6. The lowest BCUT2D eigenvalue weighted by molar-refractivity contribution is -0.155. The van der Waals surface area contributed by atoms with Crippen molar-refractivity contribution in [2.24, 2.45) is 0 Å². The zero-order valence-corrected chi connectivity index (χ0v) is 15.6. The van der Waals surface area contributed by atoms with Gasteiger partial charge in [-0.1, -0.05) is 29.8 Å². The van der Waals surface area contributed by atoms with E-state index in [1.54, 1.807) is 6.07 Å². The van der Waals surface area contributed by atoms with Crippen LogP contribution in [0.3, 0.4) is 0 Å². The Labute approximate surface area is 160 Å². The number of esters is 1. The van der Waals surface area contributed by atoms with Crippen LogP contribution in [0.4, 0.5) is 18.9 Å². The molecule has 0 aliphatic rings. The fourth-order valence-corrected chi connectivity index (χ4v) is 2.46. The summed E-state index contributed by atoms with van der Waals surface area (Å²) in [5.74, 6) is -1.19. The topological polar surface area (TPSA) is 64.6 Å². The van der Waals surface area contributed by atoms with Gasteiger partial charge in [0.2, 0.25) is 0 Å². The molecule has 1 N–H and O–H groups in total. The number of benzene rings is 2. The largest absolute Gasteiger partial charge is 0.482 e. The number of carbonyl (C=O) groups is 2. The summed E-state index contributed by atoms with van der Waals surface area (Å²) < 4.78 is 49.2. The molecule has 0 bridgehead atoms. The van der Waals surface area contributed by atoms with Gasteiger partial charge in [0.05, 0.1) is 11.3 Å². The van der Waals surface area contributed by atoms with Crippen molar-refractivity contribution in [1.82, 2.24) is 0 Å². The van der Waals surface area contributed by atoms with Crippen LogP contribution in [0.1, 0.15) is 23.6 Å². The van der Waals surface area contributed by atoms with Gasteiger partial charge in [-0.2, -0.15) is 13.2 Å². The number of ether oxygens (including phenoxy) is 2. The highest BCUT2D eigenvalue weighted by Crippen LogP contribution is 2.34. The molecule has 0 spiro atoms. The first-order valence-corrected chi connectivity index (χ1v) is 8.44. The third-order valence-corrected chi connectivity index (χ3v) is 3.84. The number of aryl methyl sites for hydroxylation is 2. The Morgan fingerprint density at radius 2 is 1.79 bits per heavy atom. The van der Waals surface area contributed by atoms with Gasteiger partial charge in [0, 0.05) is 0 Å². The number of nitrogens with one attached hydrogen (secondary N) is 1. The predicted molar refractivity (Wildman–Crippen MR) is 97.0 cm³/mol. The van der Waals surface area contributed by atoms with Crippen LogP contribution < -0.4 is 10.1 Å². The minimum absolute atomic E-state index is 0.408. The minimum atomic E-state index is -4.62. The minimum Gasteiger partial charge on any atom is -0.482 e. The number of halogens is 3. The van der Waals surface area contributed by atoms with Crippen molar-refractivity contribution in [3.8, 4) is 5.75 Å². The third kappa shape index (κ3) is 5.73. The number of para-hydroxylation sites is 1. The molecule has 0 aliphatic heterocycles. The molecule has 0 aliphatic carbocycles. The predicted octanol–water partition coefficient (Wildman–Crippen LogP) is 4.27. The summed E-state index contributed by atoms with van der Waals surface area (Å²) in [5.41, 5.74) is 0.480. The standard InChI is InChI=1S/C20H20F3NO4/c1-12-8-9-17(13(2)10-12)27-11-18(25)28-14(3)19(26)24-16-7-5-4-6-15(16)20(21,22)23/h4-10,14H,11H2,1-3H3,(H,24,26)/t14-/m0/s1. The number of rotatable bonds is 6. The van der Waals surface area contributed by atoms with E-state index in [1.807, 2.05) is 26.0 Å². The first-order chi connectivity index (χ1) is 13.1. The van der Waals surface area contributed by atoms with E-state index in [2.05, 4.69) is 5.32 Å². The molecule has 0 saturated heterocycles. The maximum absolute atomic E-state index is 13.0. The number of carbonyl (C=O) groups excluding carboxylic acids is 2. The molecule has 2 rings (SSSR count). The fraction of sp³-hybridized carbons (Fsp3) is 0.300. The molecule has 28 heavy (non-hydrogen) atoms. The highest BCUT2D eigenvalue weighted by Gasteiger charge is 2.34. The van der Waals surface area contributed by atoms with E-state index < -0.39 is 42.0 Å². The summed E-state index contributed by atoms with van der Waals surface area (Å²) in [4.78, 5) is 24.0. The highest BCUT2D eigenvalue weighted by molar-refractivity contribution is 5.95. The maximum Gasteiger partial charge on any atom is 0.418 e. The Bertz CT molecular complexity index is 865. The van der Waals surface area contributed by atoms with Crippen molar-refractivity contribution in [2.45, 2.75) is 33.1 Å². The summed E-state index contributed by atoms with van der Waals surface area (Å²) >= 11 is 0. The second-order valence-electron chi connectivity index (χ2n) is 6.22. The van der Waals surface area contributed by atoms with Crippen LogP contribution in [-0.2, 0) is 20.5 Å². The van der Waals surface area contributed by atoms with Gasteiger partial charge < -0.3 is 14.8 Å².